The van der Waals surface area contributed by atoms with Crippen LogP contribution >= 0.6 is 0 Å². The average molecular weight is 557 g/mol. The van der Waals surface area contributed by atoms with Gasteiger partial charge in [-0.25, -0.2) is 4.79 Å². The predicted octanol–water partition coefficient (Wildman–Crippen LogP) is 6.56. The van der Waals surface area contributed by atoms with Crippen molar-refractivity contribution in [2.45, 2.75) is 51.9 Å². The molecule has 3 aromatic carbocycles. The van der Waals surface area contributed by atoms with E-state index in [1.165, 1.54) is 19.3 Å². The first-order chi connectivity index (χ1) is 19.9. The molecule has 0 saturated heterocycles. The Morgan fingerprint density at radius 1 is 0.976 bits per heavy atom. The molecular formula is C33H36N2O6. The average Bonchev–Trinajstić information content (AvgIpc) is 2.97. The lowest BCUT2D eigenvalue weighted by Gasteiger charge is -2.27. The molecule has 0 aliphatic carbocycles. The van der Waals surface area contributed by atoms with E-state index in [1.807, 2.05) is 43.3 Å². The van der Waals surface area contributed by atoms with Crippen LogP contribution in [0.5, 0.6) is 28.7 Å². The number of carbonyl (C=O) groups excluding carboxylic acids is 1. The summed E-state index contributed by atoms with van der Waals surface area (Å²) < 4.78 is 28.4. The first-order valence-corrected chi connectivity index (χ1v) is 13.9. The minimum Gasteiger partial charge on any atom is -0.493 e. The Hall–Kier alpha value is -4.64. The SMILES string of the molecule is CCCCCCCOc1ccc(C2C(C#N)=C(N)Oc3cc(OC(=O)COc4cccc(C)c4)ccc32)cc1OC. The molecule has 4 rings (SSSR count). The van der Waals surface area contributed by atoms with Crippen LogP contribution in [0.25, 0.3) is 0 Å². The molecule has 0 aromatic heterocycles. The Bertz CT molecular complexity index is 1440. The fourth-order valence-corrected chi connectivity index (χ4v) is 4.72. The number of aryl methyl sites for hydroxylation is 1. The molecule has 2 N–H and O–H groups in total. The molecule has 0 fully saturated rings. The van der Waals surface area contributed by atoms with Crippen molar-refractivity contribution in [1.82, 2.24) is 0 Å². The van der Waals surface area contributed by atoms with Crippen LogP contribution in [-0.4, -0.2) is 26.3 Å². The molecule has 214 valence electrons. The minimum absolute atomic E-state index is 0.0115. The molecule has 8 heteroatoms. The van der Waals surface area contributed by atoms with Gasteiger partial charge in [0.1, 0.15) is 28.9 Å². The Balaban J connectivity index is 1.50. The fraction of sp³-hybridized carbons (Fsp3) is 0.333. The van der Waals surface area contributed by atoms with Crippen LogP contribution in [0, 0.1) is 18.3 Å². The van der Waals surface area contributed by atoms with Crippen LogP contribution in [0.1, 0.15) is 61.6 Å². The molecule has 41 heavy (non-hydrogen) atoms. The van der Waals surface area contributed by atoms with Crippen LogP contribution in [0.4, 0.5) is 0 Å². The van der Waals surface area contributed by atoms with Gasteiger partial charge in [-0.3, -0.25) is 0 Å². The highest BCUT2D eigenvalue weighted by Crippen LogP contribution is 2.45. The lowest BCUT2D eigenvalue weighted by molar-refractivity contribution is -0.136. The second-order valence-electron chi connectivity index (χ2n) is 9.88. The van der Waals surface area contributed by atoms with Crippen molar-refractivity contribution in [2.24, 2.45) is 5.73 Å². The molecule has 8 nitrogen and oxygen atoms in total. The van der Waals surface area contributed by atoms with Gasteiger partial charge in [0.2, 0.25) is 5.88 Å². The summed E-state index contributed by atoms with van der Waals surface area (Å²) in [7, 11) is 1.59. The maximum absolute atomic E-state index is 12.4. The van der Waals surface area contributed by atoms with Crippen molar-refractivity contribution in [3.8, 4) is 34.8 Å². The number of carbonyl (C=O) groups is 1. The summed E-state index contributed by atoms with van der Waals surface area (Å²) in [5, 5.41) is 9.94. The quantitative estimate of drug-likeness (QED) is 0.143. The van der Waals surface area contributed by atoms with E-state index in [0.29, 0.717) is 35.2 Å². The largest absolute Gasteiger partial charge is 0.493 e. The van der Waals surface area contributed by atoms with Gasteiger partial charge in [0.05, 0.1) is 19.6 Å². The Kier molecular flexibility index (Phi) is 10.1. The topological polar surface area (TPSA) is 113 Å². The summed E-state index contributed by atoms with van der Waals surface area (Å²) in [6.07, 6.45) is 5.73. The number of allylic oxidation sites excluding steroid dienone is 1. The second kappa shape index (κ2) is 14.1. The number of nitriles is 1. The number of benzene rings is 3. The van der Waals surface area contributed by atoms with Crippen molar-refractivity contribution in [1.29, 1.82) is 5.26 Å². The smallest absolute Gasteiger partial charge is 0.349 e. The highest BCUT2D eigenvalue weighted by atomic mass is 16.6. The molecule has 1 unspecified atom stereocenters. The first-order valence-electron chi connectivity index (χ1n) is 13.9. The number of fused-ring (bicyclic) bond motifs is 1. The Morgan fingerprint density at radius 3 is 2.56 bits per heavy atom. The molecule has 1 aliphatic heterocycles. The number of methoxy groups -OCH3 is 1. The van der Waals surface area contributed by atoms with E-state index in [1.54, 1.807) is 31.4 Å². The molecule has 0 saturated carbocycles. The van der Waals surface area contributed by atoms with Gasteiger partial charge in [-0.05, 0) is 54.8 Å². The summed E-state index contributed by atoms with van der Waals surface area (Å²) in [4.78, 5) is 12.4. The normalized spacial score (nSPS) is 14.0. The van der Waals surface area contributed by atoms with Gasteiger partial charge >= 0.3 is 5.97 Å². The zero-order valence-electron chi connectivity index (χ0n) is 23.8. The molecule has 0 amide bonds. The summed E-state index contributed by atoms with van der Waals surface area (Å²) in [6, 6.07) is 20.2. The van der Waals surface area contributed by atoms with Gasteiger partial charge in [0.25, 0.3) is 0 Å². The van der Waals surface area contributed by atoms with Gasteiger partial charge in [-0.1, -0.05) is 56.9 Å². The highest BCUT2D eigenvalue weighted by molar-refractivity contribution is 5.74. The number of esters is 1. The zero-order chi connectivity index (χ0) is 29.2. The van der Waals surface area contributed by atoms with Crippen molar-refractivity contribution in [3.05, 3.63) is 88.8 Å². The third-order valence-corrected chi connectivity index (χ3v) is 6.79. The number of unbranched alkanes of at least 4 members (excludes halogenated alkanes) is 4. The van der Waals surface area contributed by atoms with Crippen molar-refractivity contribution >= 4 is 5.97 Å². The lowest BCUT2D eigenvalue weighted by atomic mass is 9.83. The molecule has 1 atom stereocenters. The summed E-state index contributed by atoms with van der Waals surface area (Å²) in [6.45, 7) is 4.49. The molecule has 1 aliphatic rings. The van der Waals surface area contributed by atoms with Crippen LogP contribution in [0.2, 0.25) is 0 Å². The van der Waals surface area contributed by atoms with E-state index in [9.17, 15) is 10.1 Å². The van der Waals surface area contributed by atoms with Crippen LogP contribution in [0.3, 0.4) is 0 Å². The van der Waals surface area contributed by atoms with Crippen LogP contribution in [-0.2, 0) is 4.79 Å². The third kappa shape index (κ3) is 7.52. The number of ether oxygens (including phenoxy) is 5. The summed E-state index contributed by atoms with van der Waals surface area (Å²) in [5.41, 5.74) is 8.97. The van der Waals surface area contributed by atoms with Crippen LogP contribution in [0.15, 0.2) is 72.1 Å². The minimum atomic E-state index is -0.564. The maximum Gasteiger partial charge on any atom is 0.349 e. The van der Waals surface area contributed by atoms with Gasteiger partial charge in [0.15, 0.2) is 18.1 Å². The second-order valence-corrected chi connectivity index (χ2v) is 9.88. The molecule has 0 spiro atoms. The van der Waals surface area contributed by atoms with Gasteiger partial charge < -0.3 is 29.4 Å². The standard InChI is InChI=1S/C33H36N2O6/c1-4-5-6-7-8-16-38-28-15-12-23(18-30(28)37-3)32-26-14-13-25(19-29(26)41-33(35)27(32)20-34)40-31(36)21-39-24-11-9-10-22(2)17-24/h9-15,17-19,32H,4-8,16,21,35H2,1-3H3. The molecule has 0 bridgehead atoms. The number of nitrogens with two attached hydrogens (primary N) is 1. The van der Waals surface area contributed by atoms with Gasteiger partial charge in [-0.2, -0.15) is 5.26 Å². The van der Waals surface area contributed by atoms with Crippen molar-refractivity contribution in [3.63, 3.8) is 0 Å². The third-order valence-electron chi connectivity index (χ3n) is 6.79. The van der Waals surface area contributed by atoms with E-state index >= 15 is 0 Å². The van der Waals surface area contributed by atoms with E-state index in [2.05, 4.69) is 13.0 Å². The zero-order valence-corrected chi connectivity index (χ0v) is 23.8. The number of nitrogens with zero attached hydrogens (tertiary/aromatic N) is 1. The van der Waals surface area contributed by atoms with E-state index in [-0.39, 0.29) is 23.8 Å². The van der Waals surface area contributed by atoms with E-state index in [4.69, 9.17) is 29.4 Å². The summed E-state index contributed by atoms with van der Waals surface area (Å²) in [5.74, 6) is 1.38. The Morgan fingerprint density at radius 2 is 1.80 bits per heavy atom. The molecule has 1 heterocycles. The predicted molar refractivity (Wildman–Crippen MR) is 155 cm³/mol. The summed E-state index contributed by atoms with van der Waals surface area (Å²) >= 11 is 0. The monoisotopic (exact) mass is 556 g/mol. The number of rotatable bonds is 13. The molecule has 0 radical (unpaired) electrons. The first kappa shape index (κ1) is 29.3. The maximum atomic E-state index is 12.4. The van der Waals surface area contributed by atoms with Crippen LogP contribution < -0.4 is 29.4 Å². The van der Waals surface area contributed by atoms with Crippen molar-refractivity contribution in [2.75, 3.05) is 20.3 Å². The number of hydrogen-bond donors (Lipinski definition) is 1. The van der Waals surface area contributed by atoms with E-state index in [0.717, 1.165) is 24.0 Å². The fourth-order valence-electron chi connectivity index (χ4n) is 4.72. The lowest BCUT2D eigenvalue weighted by Crippen LogP contribution is -2.22. The van der Waals surface area contributed by atoms with Gasteiger partial charge in [-0.15, -0.1) is 0 Å². The Labute approximate surface area is 241 Å². The van der Waals surface area contributed by atoms with E-state index < -0.39 is 11.9 Å². The van der Waals surface area contributed by atoms with Gasteiger partial charge in [0, 0.05) is 11.6 Å². The molecule has 3 aromatic rings. The number of hydrogen-bond acceptors (Lipinski definition) is 8. The van der Waals surface area contributed by atoms with Crippen molar-refractivity contribution < 1.29 is 28.5 Å². The molecular weight excluding hydrogens is 520 g/mol. The highest BCUT2D eigenvalue weighted by Gasteiger charge is 2.31.